The summed E-state index contributed by atoms with van der Waals surface area (Å²) in [7, 11) is -13.5. The maximum Gasteiger partial charge on any atom is 0.475 e. The number of benzene rings is 9. The molecule has 0 saturated heterocycles. The summed E-state index contributed by atoms with van der Waals surface area (Å²) in [6, 6.07) is 80.4. The molecule has 0 heterocycles. The highest BCUT2D eigenvalue weighted by atomic mass is 31.2. The number of phosphoric ester groups is 3. The van der Waals surface area contributed by atoms with Crippen molar-refractivity contribution in [2.45, 2.75) is 96.1 Å². The van der Waals surface area contributed by atoms with Crippen molar-refractivity contribution in [1.82, 2.24) is 0 Å². The van der Waals surface area contributed by atoms with Gasteiger partial charge in [-0.25, -0.2) is 13.7 Å². The van der Waals surface area contributed by atoms with Gasteiger partial charge in [0.25, 0.3) is 0 Å². The van der Waals surface area contributed by atoms with Gasteiger partial charge in [0.2, 0.25) is 0 Å². The molecule has 0 amide bonds. The van der Waals surface area contributed by atoms with Crippen molar-refractivity contribution in [1.29, 1.82) is 0 Å². The van der Waals surface area contributed by atoms with E-state index in [1.807, 2.05) is 182 Å². The second-order valence-corrected chi connectivity index (χ2v) is 25.6. The van der Waals surface area contributed by atoms with E-state index in [0.29, 0.717) is 44.7 Å². The van der Waals surface area contributed by atoms with E-state index in [4.69, 9.17) is 59.7 Å². The maximum absolute atomic E-state index is 16.4. The zero-order valence-corrected chi connectivity index (χ0v) is 51.8. The fourth-order valence-electron chi connectivity index (χ4n) is 9.61. The van der Waals surface area contributed by atoms with E-state index in [2.05, 4.69) is 0 Å². The lowest BCUT2D eigenvalue weighted by Gasteiger charge is -2.50. The number of phosphoric acid groups is 3. The summed E-state index contributed by atoms with van der Waals surface area (Å²) in [5.74, 6) is 0.599. The van der Waals surface area contributed by atoms with Crippen molar-refractivity contribution in [3.63, 3.8) is 0 Å². The number of hydrogen-bond acceptors (Lipinski definition) is 16. The lowest BCUT2D eigenvalue weighted by molar-refractivity contribution is -0.256. The van der Waals surface area contributed by atoms with E-state index < -0.39 is 60.1 Å². The molecule has 0 bridgehead atoms. The van der Waals surface area contributed by atoms with Crippen LogP contribution in [0.2, 0.25) is 0 Å². The second-order valence-electron chi connectivity index (χ2n) is 20.8. The molecule has 16 nitrogen and oxygen atoms in total. The SMILES string of the molecule is COc1ccc(CO[C@@H]2[C@H](OCc3ccccc3)[C@H](OCc3ccccc3)[C@@H](OP(=O)(OCc3ccccc3)OCc3ccccc3)[C@H](OP(=O)(OCc3ccccc3)OCc3ccccc3)[C@H]2OP(=O)(OCc2ccccc2)OCc2ccccc2)cc1. The quantitative estimate of drug-likeness (QED) is 0.0349. The predicted octanol–water partition coefficient (Wildman–Crippen LogP) is 16.5. The Hall–Kier alpha value is -7.01. The normalized spacial score (nSPS) is 17.9. The molecule has 0 spiro atoms. The average molecular weight is 1260 g/mol. The molecule has 6 atom stereocenters. The van der Waals surface area contributed by atoms with Crippen molar-refractivity contribution >= 4 is 23.5 Å². The van der Waals surface area contributed by atoms with Crippen LogP contribution in [0.25, 0.3) is 0 Å². The zero-order chi connectivity index (χ0) is 61.4. The Morgan fingerprint density at radius 2 is 0.416 bits per heavy atom. The van der Waals surface area contributed by atoms with Gasteiger partial charge < -0.3 is 18.9 Å². The zero-order valence-electron chi connectivity index (χ0n) is 49.1. The van der Waals surface area contributed by atoms with Crippen LogP contribution < -0.4 is 4.74 Å². The maximum atomic E-state index is 16.4. The van der Waals surface area contributed by atoms with Crippen LogP contribution in [0.1, 0.15) is 50.1 Å². The van der Waals surface area contributed by atoms with Crippen LogP contribution in [0.15, 0.2) is 267 Å². The van der Waals surface area contributed by atoms with Crippen LogP contribution in [0.5, 0.6) is 5.75 Å². The molecule has 0 radical (unpaired) electrons. The average Bonchev–Trinajstić information content (AvgIpc) is 1.10. The molecule has 9 aromatic rings. The summed E-state index contributed by atoms with van der Waals surface area (Å²) >= 11 is 0. The third kappa shape index (κ3) is 20.0. The first kappa shape index (κ1) is 65.0. The summed E-state index contributed by atoms with van der Waals surface area (Å²) in [6.45, 7) is -1.97. The molecule has 10 rings (SSSR count). The van der Waals surface area contributed by atoms with Gasteiger partial charge in [-0.15, -0.1) is 0 Å². The molecule has 0 aromatic heterocycles. The Labute approximate surface area is 520 Å². The first-order valence-corrected chi connectivity index (χ1v) is 33.5. The van der Waals surface area contributed by atoms with Crippen LogP contribution in [-0.4, -0.2) is 43.7 Å². The van der Waals surface area contributed by atoms with Crippen LogP contribution in [0.4, 0.5) is 0 Å². The summed E-state index contributed by atoms with van der Waals surface area (Å²) in [5, 5.41) is 0. The fraction of sp³-hybridized carbons (Fsp3) is 0.229. The molecule has 1 aliphatic carbocycles. The van der Waals surface area contributed by atoms with Crippen LogP contribution in [0, 0.1) is 0 Å². The first-order valence-electron chi connectivity index (χ1n) is 29.1. The molecule has 1 fully saturated rings. The molecular formula is C70H71O16P3. The minimum atomic E-state index is -5.04. The number of methoxy groups -OCH3 is 1. The highest BCUT2D eigenvalue weighted by Crippen LogP contribution is 2.61. The van der Waals surface area contributed by atoms with E-state index in [-0.39, 0.29) is 59.5 Å². The minimum Gasteiger partial charge on any atom is -0.497 e. The van der Waals surface area contributed by atoms with E-state index in [0.717, 1.165) is 11.1 Å². The highest BCUT2D eigenvalue weighted by molar-refractivity contribution is 7.49. The molecule has 0 unspecified atom stereocenters. The lowest BCUT2D eigenvalue weighted by atomic mass is 9.84. The van der Waals surface area contributed by atoms with E-state index in [1.54, 1.807) is 92.0 Å². The Kier molecular flexibility index (Phi) is 24.2. The fourth-order valence-corrected chi connectivity index (χ4v) is 13.7. The smallest absolute Gasteiger partial charge is 0.475 e. The van der Waals surface area contributed by atoms with Gasteiger partial charge in [-0.1, -0.05) is 255 Å². The second kappa shape index (κ2) is 33.2. The van der Waals surface area contributed by atoms with Crippen LogP contribution in [0.3, 0.4) is 0 Å². The van der Waals surface area contributed by atoms with Gasteiger partial charge in [0.1, 0.15) is 42.4 Å². The van der Waals surface area contributed by atoms with Gasteiger partial charge in [-0.05, 0) is 62.2 Å². The largest absolute Gasteiger partial charge is 0.497 e. The topological polar surface area (TPSA) is 171 Å². The molecule has 1 saturated carbocycles. The van der Waals surface area contributed by atoms with Gasteiger partial charge in [0.05, 0.1) is 66.6 Å². The summed E-state index contributed by atoms with van der Waals surface area (Å²) in [6.07, 6.45) is -9.91. The number of hydrogen-bond donors (Lipinski definition) is 0. The van der Waals surface area contributed by atoms with Crippen molar-refractivity contribution in [3.8, 4) is 5.75 Å². The van der Waals surface area contributed by atoms with Gasteiger partial charge in [-0.2, -0.15) is 0 Å². The molecular weight excluding hydrogens is 1190 g/mol. The lowest BCUT2D eigenvalue weighted by Crippen LogP contribution is -2.67. The first-order chi connectivity index (χ1) is 43.6. The highest BCUT2D eigenvalue weighted by Gasteiger charge is 2.61. The molecule has 462 valence electrons. The standard InChI is InChI=1S/C70H71O16P3/c1-74-64-44-42-63(43-45-64)48-77-67-65(75-46-55-26-10-2-11-27-55)66(76-47-56-28-12-3-13-29-56)68(84-87(71,78-49-57-30-14-4-15-31-57)79-50-58-32-16-5-17-33-58)70(86-89(73,82-53-61-38-22-8-23-39-61)83-54-62-40-24-9-25-41-62)69(67)85-88(72,80-51-59-34-18-6-19-35-59)81-52-60-36-20-7-21-37-60/h2-45,65-70H,46-54H2,1H3/t65-,66+,67-,68-,69+,70+/m1/s1. The molecule has 89 heavy (non-hydrogen) atoms. The minimum absolute atomic E-state index is 0.0672. The Morgan fingerprint density at radius 3 is 0.629 bits per heavy atom. The monoisotopic (exact) mass is 1260 g/mol. The van der Waals surface area contributed by atoms with Crippen LogP contribution >= 0.6 is 23.5 Å². The third-order valence-electron chi connectivity index (χ3n) is 14.3. The summed E-state index contributed by atoms with van der Waals surface area (Å²) in [5.41, 5.74) is 5.88. The Morgan fingerprint density at radius 1 is 0.236 bits per heavy atom. The summed E-state index contributed by atoms with van der Waals surface area (Å²) in [4.78, 5) is 0. The number of ether oxygens (including phenoxy) is 4. The van der Waals surface area contributed by atoms with Crippen LogP contribution in [-0.2, 0) is 128 Å². The van der Waals surface area contributed by atoms with Crippen molar-refractivity contribution in [2.75, 3.05) is 7.11 Å². The summed E-state index contributed by atoms with van der Waals surface area (Å²) < 4.78 is 136. The van der Waals surface area contributed by atoms with E-state index in [9.17, 15) is 0 Å². The Balaban J connectivity index is 1.18. The molecule has 9 aromatic carbocycles. The third-order valence-corrected chi connectivity index (χ3v) is 18.4. The van der Waals surface area contributed by atoms with Crippen molar-refractivity contribution < 1.29 is 73.4 Å². The van der Waals surface area contributed by atoms with E-state index in [1.165, 1.54) is 0 Å². The van der Waals surface area contributed by atoms with Gasteiger partial charge >= 0.3 is 23.5 Å². The van der Waals surface area contributed by atoms with Crippen molar-refractivity contribution in [3.05, 3.63) is 317 Å². The molecule has 0 N–H and O–H groups in total. The molecule has 0 aliphatic heterocycles. The van der Waals surface area contributed by atoms with Gasteiger partial charge in [0.15, 0.2) is 0 Å². The number of rotatable bonds is 34. The van der Waals surface area contributed by atoms with E-state index >= 15 is 13.7 Å². The predicted molar refractivity (Wildman–Crippen MR) is 336 cm³/mol. The molecule has 1 aliphatic rings. The van der Waals surface area contributed by atoms with Crippen molar-refractivity contribution in [2.24, 2.45) is 0 Å². The van der Waals surface area contributed by atoms with Gasteiger partial charge in [0, 0.05) is 0 Å². The molecule has 19 heteroatoms. The van der Waals surface area contributed by atoms with Gasteiger partial charge in [-0.3, -0.25) is 40.7 Å². The Bertz CT molecular complexity index is 3480.